The van der Waals surface area contributed by atoms with E-state index in [0.29, 0.717) is 28.6 Å². The Morgan fingerprint density at radius 2 is 1.74 bits per heavy atom. The van der Waals surface area contributed by atoms with Crippen LogP contribution in [0.5, 0.6) is 11.5 Å². The predicted molar refractivity (Wildman–Crippen MR) is 127 cm³/mol. The third-order valence-corrected chi connectivity index (χ3v) is 6.98. The molecule has 0 spiro atoms. The van der Waals surface area contributed by atoms with Crippen LogP contribution in [0.25, 0.3) is 17.1 Å². The highest BCUT2D eigenvalue weighted by atomic mass is 32.2. The standard InChI is InChI=1S/C22H24FN7O4S/c1-14(10-19-24-11-16(23)12-25-19)35(31,32)28-22-27-26-21(15-8-9-29(2)13-15)30(22)20-17(33-3)6-5-7-18(20)34-4/h5-9,11-14H,10H2,1-4H3,(H,27,28)/t14-/m1/s1. The van der Waals surface area contributed by atoms with E-state index in [9.17, 15) is 12.8 Å². The Kier molecular flexibility index (Phi) is 6.69. The van der Waals surface area contributed by atoms with Crippen molar-refractivity contribution in [3.8, 4) is 28.6 Å². The van der Waals surface area contributed by atoms with Crippen molar-refractivity contribution >= 4 is 16.0 Å². The van der Waals surface area contributed by atoms with Crippen LogP contribution in [0.15, 0.2) is 49.1 Å². The number of nitrogens with zero attached hydrogens (tertiary/aromatic N) is 6. The third kappa shape index (κ3) is 4.94. The third-order valence-electron chi connectivity index (χ3n) is 5.29. The van der Waals surface area contributed by atoms with E-state index in [1.807, 2.05) is 30.1 Å². The molecule has 0 fully saturated rings. The zero-order chi connectivity index (χ0) is 25.2. The molecule has 0 aliphatic carbocycles. The first-order valence-electron chi connectivity index (χ1n) is 10.5. The molecule has 0 aliphatic rings. The fraction of sp³-hybridized carbons (Fsp3) is 0.273. The molecule has 13 heteroatoms. The van der Waals surface area contributed by atoms with Crippen LogP contribution < -0.4 is 14.2 Å². The average Bonchev–Trinajstić information content (AvgIpc) is 3.45. The molecule has 184 valence electrons. The molecule has 4 rings (SSSR count). The van der Waals surface area contributed by atoms with Crippen molar-refractivity contribution in [2.75, 3.05) is 18.9 Å². The first-order valence-corrected chi connectivity index (χ1v) is 12.0. The van der Waals surface area contributed by atoms with Gasteiger partial charge in [-0.3, -0.25) is 9.29 Å². The Bertz CT molecular complexity index is 1410. The number of sulfonamides is 1. The molecule has 35 heavy (non-hydrogen) atoms. The van der Waals surface area contributed by atoms with Crippen LogP contribution in [0.2, 0.25) is 0 Å². The maximum Gasteiger partial charge on any atom is 0.243 e. The number of anilines is 1. The molecule has 0 saturated heterocycles. The second-order valence-electron chi connectivity index (χ2n) is 7.74. The monoisotopic (exact) mass is 501 g/mol. The normalized spacial score (nSPS) is 12.4. The highest BCUT2D eigenvalue weighted by Gasteiger charge is 2.28. The minimum Gasteiger partial charge on any atom is -0.494 e. The molecule has 3 aromatic heterocycles. The molecule has 0 bridgehead atoms. The maximum absolute atomic E-state index is 13.2. The number of rotatable bonds is 9. The molecular weight excluding hydrogens is 477 g/mol. The lowest BCUT2D eigenvalue weighted by molar-refractivity contribution is 0.391. The van der Waals surface area contributed by atoms with E-state index < -0.39 is 21.1 Å². The smallest absolute Gasteiger partial charge is 0.243 e. The molecule has 3 heterocycles. The Morgan fingerprint density at radius 1 is 1.09 bits per heavy atom. The van der Waals surface area contributed by atoms with Crippen LogP contribution in [0.4, 0.5) is 10.3 Å². The number of methoxy groups -OCH3 is 2. The molecule has 0 amide bonds. The number of halogens is 1. The van der Waals surface area contributed by atoms with Crippen molar-refractivity contribution in [2.24, 2.45) is 7.05 Å². The zero-order valence-corrected chi connectivity index (χ0v) is 20.3. The van der Waals surface area contributed by atoms with Gasteiger partial charge in [-0.2, -0.15) is 0 Å². The number of hydrogen-bond donors (Lipinski definition) is 1. The Labute approximate surface area is 201 Å². The van der Waals surface area contributed by atoms with Gasteiger partial charge >= 0.3 is 0 Å². The summed E-state index contributed by atoms with van der Waals surface area (Å²) in [6, 6.07) is 7.02. The first kappa shape index (κ1) is 24.1. The van der Waals surface area contributed by atoms with Gasteiger partial charge in [-0.25, -0.2) is 22.8 Å². The molecule has 11 nitrogen and oxygen atoms in total. The van der Waals surface area contributed by atoms with Gasteiger partial charge in [0.15, 0.2) is 11.6 Å². The molecule has 0 radical (unpaired) electrons. The fourth-order valence-corrected chi connectivity index (χ4v) is 4.43. The van der Waals surface area contributed by atoms with Gasteiger partial charge < -0.3 is 14.0 Å². The fourth-order valence-electron chi connectivity index (χ4n) is 3.48. The minimum absolute atomic E-state index is 0.0345. The zero-order valence-electron chi connectivity index (χ0n) is 19.5. The highest BCUT2D eigenvalue weighted by molar-refractivity contribution is 7.93. The number of benzene rings is 1. The number of nitrogens with one attached hydrogen (secondary N) is 1. The Morgan fingerprint density at radius 3 is 2.31 bits per heavy atom. The van der Waals surface area contributed by atoms with Gasteiger partial charge in [0.25, 0.3) is 0 Å². The summed E-state index contributed by atoms with van der Waals surface area (Å²) in [6.07, 6.45) is 5.61. The van der Waals surface area contributed by atoms with E-state index in [4.69, 9.17) is 9.47 Å². The van der Waals surface area contributed by atoms with E-state index >= 15 is 0 Å². The van der Waals surface area contributed by atoms with Gasteiger partial charge in [-0.1, -0.05) is 6.07 Å². The van der Waals surface area contributed by atoms with Crippen molar-refractivity contribution < 1.29 is 22.3 Å². The Balaban J connectivity index is 1.79. The van der Waals surface area contributed by atoms with Crippen molar-refractivity contribution in [1.82, 2.24) is 29.3 Å². The molecule has 0 aliphatic heterocycles. The van der Waals surface area contributed by atoms with Crippen LogP contribution in [0.3, 0.4) is 0 Å². The van der Waals surface area contributed by atoms with Crippen LogP contribution in [0, 0.1) is 5.82 Å². The van der Waals surface area contributed by atoms with Crippen molar-refractivity contribution in [2.45, 2.75) is 18.6 Å². The highest BCUT2D eigenvalue weighted by Crippen LogP contribution is 2.37. The topological polar surface area (TPSA) is 126 Å². The lowest BCUT2D eigenvalue weighted by atomic mass is 10.2. The molecule has 1 atom stereocenters. The predicted octanol–water partition coefficient (Wildman–Crippen LogP) is 2.59. The minimum atomic E-state index is -3.99. The van der Waals surface area contributed by atoms with Gasteiger partial charge in [-0.15, -0.1) is 10.2 Å². The van der Waals surface area contributed by atoms with Crippen LogP contribution in [-0.4, -0.2) is 57.2 Å². The summed E-state index contributed by atoms with van der Waals surface area (Å²) in [4.78, 5) is 7.70. The summed E-state index contributed by atoms with van der Waals surface area (Å²) in [6.45, 7) is 1.50. The van der Waals surface area contributed by atoms with Crippen molar-refractivity contribution in [3.05, 3.63) is 60.7 Å². The second kappa shape index (κ2) is 9.70. The van der Waals surface area contributed by atoms with E-state index in [0.717, 1.165) is 12.4 Å². The SMILES string of the molecule is COc1cccc(OC)c1-n1c(NS(=O)(=O)[C@H](C)Cc2ncc(F)cn2)nnc1-c1ccn(C)c1. The Hall–Kier alpha value is -4.00. The lowest BCUT2D eigenvalue weighted by Gasteiger charge is -2.18. The lowest BCUT2D eigenvalue weighted by Crippen LogP contribution is -2.29. The molecule has 1 N–H and O–H groups in total. The van der Waals surface area contributed by atoms with Gasteiger partial charge in [0.1, 0.15) is 23.0 Å². The summed E-state index contributed by atoms with van der Waals surface area (Å²) in [5.74, 6) is 0.764. The molecular formula is C22H24FN7O4S. The number of aromatic nitrogens is 6. The molecule has 1 aromatic carbocycles. The summed E-state index contributed by atoms with van der Waals surface area (Å²) in [5.41, 5.74) is 1.12. The number of ether oxygens (including phenoxy) is 2. The van der Waals surface area contributed by atoms with E-state index in [1.54, 1.807) is 18.2 Å². The summed E-state index contributed by atoms with van der Waals surface area (Å²) >= 11 is 0. The van der Waals surface area contributed by atoms with E-state index in [1.165, 1.54) is 25.7 Å². The summed E-state index contributed by atoms with van der Waals surface area (Å²) in [5, 5.41) is 7.44. The summed E-state index contributed by atoms with van der Waals surface area (Å²) < 4.78 is 56.6. The van der Waals surface area contributed by atoms with Crippen LogP contribution in [0.1, 0.15) is 12.7 Å². The van der Waals surface area contributed by atoms with Crippen molar-refractivity contribution in [1.29, 1.82) is 0 Å². The number of aryl methyl sites for hydroxylation is 1. The van der Waals surface area contributed by atoms with Crippen molar-refractivity contribution in [3.63, 3.8) is 0 Å². The molecule has 0 saturated carbocycles. The van der Waals surface area contributed by atoms with Gasteiger partial charge in [0.05, 0.1) is 31.9 Å². The van der Waals surface area contributed by atoms with E-state index in [2.05, 4.69) is 24.9 Å². The van der Waals surface area contributed by atoms with Crippen LogP contribution >= 0.6 is 0 Å². The first-order chi connectivity index (χ1) is 16.7. The maximum atomic E-state index is 13.2. The van der Waals surface area contributed by atoms with E-state index in [-0.39, 0.29) is 18.2 Å². The summed E-state index contributed by atoms with van der Waals surface area (Å²) in [7, 11) is 0.868. The molecule has 4 aromatic rings. The average molecular weight is 502 g/mol. The quantitative estimate of drug-likeness (QED) is 0.371. The van der Waals surface area contributed by atoms with Gasteiger partial charge in [0.2, 0.25) is 16.0 Å². The molecule has 0 unspecified atom stereocenters. The van der Waals surface area contributed by atoms with Gasteiger partial charge in [-0.05, 0) is 25.1 Å². The second-order valence-corrected chi connectivity index (χ2v) is 9.84. The number of hydrogen-bond acceptors (Lipinski definition) is 8. The largest absolute Gasteiger partial charge is 0.494 e. The number of para-hydroxylation sites is 1. The van der Waals surface area contributed by atoms with Gasteiger partial charge in [0, 0.05) is 31.4 Å². The van der Waals surface area contributed by atoms with Crippen LogP contribution in [-0.2, 0) is 23.5 Å².